The molecular weight excluding hydrogens is 347 g/mol. The number of nitro benzene ring substituents is 1. The lowest BCUT2D eigenvalue weighted by molar-refractivity contribution is -0.385. The summed E-state index contributed by atoms with van der Waals surface area (Å²) in [6, 6.07) is 9.33. The van der Waals surface area contributed by atoms with Gasteiger partial charge < -0.3 is 9.84 Å². The van der Waals surface area contributed by atoms with Gasteiger partial charge in [0.15, 0.2) is 11.6 Å². The molecule has 26 heavy (non-hydrogen) atoms. The summed E-state index contributed by atoms with van der Waals surface area (Å²) < 4.78 is 18.6. The van der Waals surface area contributed by atoms with Crippen LogP contribution >= 0.6 is 0 Å². The van der Waals surface area contributed by atoms with Crippen molar-refractivity contribution >= 4 is 17.5 Å². The van der Waals surface area contributed by atoms with Crippen molar-refractivity contribution in [2.45, 2.75) is 6.10 Å². The SMILES string of the molecule is O=C1c2cccc([N+](=O)[O-])c2C(=O)N1C[C@H](O)COc1ccccc1F. The zero-order valence-corrected chi connectivity index (χ0v) is 13.3. The average Bonchev–Trinajstić information content (AvgIpc) is 2.86. The smallest absolute Gasteiger partial charge is 0.282 e. The van der Waals surface area contributed by atoms with Gasteiger partial charge in [-0.15, -0.1) is 0 Å². The number of fused-ring (bicyclic) bond motifs is 1. The molecule has 2 amide bonds. The number of halogens is 1. The van der Waals surface area contributed by atoms with Crippen molar-refractivity contribution in [1.29, 1.82) is 0 Å². The summed E-state index contributed by atoms with van der Waals surface area (Å²) >= 11 is 0. The molecule has 0 saturated carbocycles. The van der Waals surface area contributed by atoms with Crippen LogP contribution in [0.1, 0.15) is 20.7 Å². The molecule has 3 rings (SSSR count). The van der Waals surface area contributed by atoms with Gasteiger partial charge >= 0.3 is 0 Å². The van der Waals surface area contributed by atoms with Crippen LogP contribution in [0.5, 0.6) is 5.75 Å². The molecule has 134 valence electrons. The maximum atomic E-state index is 13.5. The molecule has 1 atom stereocenters. The number of para-hydroxylation sites is 1. The number of aliphatic hydroxyl groups excluding tert-OH is 1. The number of nitro groups is 1. The summed E-state index contributed by atoms with van der Waals surface area (Å²) in [5.74, 6) is -2.29. The third-order valence-corrected chi connectivity index (χ3v) is 3.83. The molecule has 8 nitrogen and oxygen atoms in total. The fraction of sp³-hybridized carbons (Fsp3) is 0.176. The number of benzene rings is 2. The normalized spacial score (nSPS) is 14.3. The van der Waals surface area contributed by atoms with Crippen LogP contribution in [-0.4, -0.2) is 46.0 Å². The van der Waals surface area contributed by atoms with E-state index in [2.05, 4.69) is 0 Å². The number of hydrogen-bond donors (Lipinski definition) is 1. The highest BCUT2D eigenvalue weighted by Crippen LogP contribution is 2.30. The lowest BCUT2D eigenvalue weighted by Gasteiger charge is -2.18. The molecule has 1 aliphatic rings. The first-order chi connectivity index (χ1) is 12.4. The Kier molecular flexibility index (Phi) is 4.63. The summed E-state index contributed by atoms with van der Waals surface area (Å²) in [7, 11) is 0. The lowest BCUT2D eigenvalue weighted by Crippen LogP contribution is -2.39. The monoisotopic (exact) mass is 360 g/mol. The Hall–Kier alpha value is -3.33. The number of carbonyl (C=O) groups is 2. The zero-order valence-electron chi connectivity index (χ0n) is 13.3. The van der Waals surface area contributed by atoms with Crippen molar-refractivity contribution in [3.63, 3.8) is 0 Å². The molecule has 0 unspecified atom stereocenters. The average molecular weight is 360 g/mol. The highest BCUT2D eigenvalue weighted by atomic mass is 19.1. The number of imide groups is 1. The first-order valence-corrected chi connectivity index (χ1v) is 7.59. The summed E-state index contributed by atoms with van der Waals surface area (Å²) in [5, 5.41) is 21.1. The van der Waals surface area contributed by atoms with Gasteiger partial charge in [0.05, 0.1) is 17.0 Å². The second kappa shape index (κ2) is 6.89. The third kappa shape index (κ3) is 3.11. The Morgan fingerprint density at radius 3 is 2.58 bits per heavy atom. The lowest BCUT2D eigenvalue weighted by atomic mass is 10.1. The summed E-state index contributed by atoms with van der Waals surface area (Å²) in [4.78, 5) is 35.7. The molecule has 1 aliphatic heterocycles. The number of hydrogen-bond acceptors (Lipinski definition) is 6. The number of rotatable bonds is 6. The molecular formula is C17H13FN2O6. The van der Waals surface area contributed by atoms with Crippen LogP contribution in [-0.2, 0) is 0 Å². The molecule has 1 N–H and O–H groups in total. The van der Waals surface area contributed by atoms with Gasteiger partial charge in [-0.2, -0.15) is 0 Å². The van der Waals surface area contributed by atoms with E-state index >= 15 is 0 Å². The molecule has 0 spiro atoms. The van der Waals surface area contributed by atoms with E-state index in [4.69, 9.17) is 4.74 Å². The van der Waals surface area contributed by atoms with Gasteiger partial charge in [0.1, 0.15) is 18.3 Å². The molecule has 2 aromatic carbocycles. The fourth-order valence-electron chi connectivity index (χ4n) is 2.64. The second-order valence-electron chi connectivity index (χ2n) is 5.57. The number of ether oxygens (including phenoxy) is 1. The van der Waals surface area contributed by atoms with Crippen LogP contribution in [0.15, 0.2) is 42.5 Å². The van der Waals surface area contributed by atoms with Gasteiger partial charge in [0.25, 0.3) is 17.5 Å². The van der Waals surface area contributed by atoms with Crippen LogP contribution in [0.25, 0.3) is 0 Å². The van der Waals surface area contributed by atoms with Crippen LogP contribution < -0.4 is 4.74 Å². The molecule has 0 saturated heterocycles. The summed E-state index contributed by atoms with van der Waals surface area (Å²) in [6.45, 7) is -0.797. The van der Waals surface area contributed by atoms with Crippen molar-refractivity contribution in [1.82, 2.24) is 4.90 Å². The summed E-state index contributed by atoms with van der Waals surface area (Å²) in [5.41, 5.74) is -0.864. The fourth-order valence-corrected chi connectivity index (χ4v) is 2.64. The Morgan fingerprint density at radius 2 is 1.88 bits per heavy atom. The van der Waals surface area contributed by atoms with E-state index in [-0.39, 0.29) is 23.5 Å². The van der Waals surface area contributed by atoms with Crippen molar-refractivity contribution in [3.8, 4) is 5.75 Å². The Labute approximate surface area is 146 Å². The van der Waals surface area contributed by atoms with Gasteiger partial charge in [-0.25, -0.2) is 4.39 Å². The Morgan fingerprint density at radius 1 is 1.15 bits per heavy atom. The quantitative estimate of drug-likeness (QED) is 0.478. The topological polar surface area (TPSA) is 110 Å². The molecule has 0 fully saturated rings. The van der Waals surface area contributed by atoms with E-state index in [9.17, 15) is 29.2 Å². The zero-order chi connectivity index (χ0) is 18.8. The number of carbonyl (C=O) groups excluding carboxylic acids is 2. The maximum absolute atomic E-state index is 13.5. The molecule has 0 aromatic heterocycles. The minimum Gasteiger partial charge on any atom is -0.488 e. The number of nitrogens with zero attached hydrogens (tertiary/aromatic N) is 2. The Bertz CT molecular complexity index is 901. The number of amides is 2. The van der Waals surface area contributed by atoms with Crippen molar-refractivity contribution < 1.29 is 28.7 Å². The third-order valence-electron chi connectivity index (χ3n) is 3.83. The molecule has 9 heteroatoms. The number of β-amino-alcohol motifs (C(OH)–C–C–N with tert-alkyl or cyclic N) is 1. The number of aliphatic hydroxyl groups is 1. The molecule has 0 aliphatic carbocycles. The van der Waals surface area contributed by atoms with E-state index in [0.717, 1.165) is 6.07 Å². The highest BCUT2D eigenvalue weighted by Gasteiger charge is 2.41. The van der Waals surface area contributed by atoms with E-state index in [0.29, 0.717) is 4.90 Å². The molecule has 0 bridgehead atoms. The van der Waals surface area contributed by atoms with Crippen LogP contribution in [0, 0.1) is 15.9 Å². The maximum Gasteiger partial charge on any atom is 0.282 e. The minimum atomic E-state index is -1.30. The summed E-state index contributed by atoms with van der Waals surface area (Å²) in [6.07, 6.45) is -1.30. The van der Waals surface area contributed by atoms with E-state index in [1.807, 2.05) is 0 Å². The van der Waals surface area contributed by atoms with Crippen molar-refractivity contribution in [2.75, 3.05) is 13.2 Å². The van der Waals surface area contributed by atoms with Gasteiger partial charge in [-0.3, -0.25) is 24.6 Å². The van der Waals surface area contributed by atoms with E-state index in [1.54, 1.807) is 6.07 Å². The predicted molar refractivity (Wildman–Crippen MR) is 86.4 cm³/mol. The van der Waals surface area contributed by atoms with Gasteiger partial charge in [0, 0.05) is 6.07 Å². The first-order valence-electron chi connectivity index (χ1n) is 7.59. The van der Waals surface area contributed by atoms with Gasteiger partial charge in [-0.1, -0.05) is 18.2 Å². The predicted octanol–water partition coefficient (Wildman–Crippen LogP) is 1.77. The van der Waals surface area contributed by atoms with E-state index in [1.165, 1.54) is 30.3 Å². The standard InChI is InChI=1S/C17H13FN2O6/c18-12-5-1-2-7-14(12)26-9-10(21)8-19-16(22)11-4-3-6-13(20(24)25)15(11)17(19)23/h1-7,10,21H,8-9H2/t10-/m0/s1. The highest BCUT2D eigenvalue weighted by molar-refractivity contribution is 6.23. The largest absolute Gasteiger partial charge is 0.488 e. The van der Waals surface area contributed by atoms with Crippen LogP contribution in [0.2, 0.25) is 0 Å². The van der Waals surface area contributed by atoms with Crippen LogP contribution in [0.3, 0.4) is 0 Å². The Balaban J connectivity index is 1.72. The molecule has 0 radical (unpaired) electrons. The van der Waals surface area contributed by atoms with Gasteiger partial charge in [0.2, 0.25) is 0 Å². The van der Waals surface area contributed by atoms with Gasteiger partial charge in [-0.05, 0) is 18.2 Å². The molecule has 2 aromatic rings. The molecule has 1 heterocycles. The minimum absolute atomic E-state index is 0.0791. The van der Waals surface area contributed by atoms with Crippen molar-refractivity contribution in [2.24, 2.45) is 0 Å². The second-order valence-corrected chi connectivity index (χ2v) is 5.57. The first kappa shape index (κ1) is 17.5. The van der Waals surface area contributed by atoms with Crippen LogP contribution in [0.4, 0.5) is 10.1 Å². The van der Waals surface area contributed by atoms with E-state index < -0.39 is 40.9 Å². The van der Waals surface area contributed by atoms with Crippen molar-refractivity contribution in [3.05, 3.63) is 69.5 Å².